The number of benzene rings is 1. The van der Waals surface area contributed by atoms with Gasteiger partial charge in [0.2, 0.25) is 5.89 Å². The van der Waals surface area contributed by atoms with Crippen LogP contribution in [0.25, 0.3) is 0 Å². The molecule has 102 valence electrons. The van der Waals surface area contributed by atoms with E-state index < -0.39 is 0 Å². The zero-order valence-corrected chi connectivity index (χ0v) is 12.2. The van der Waals surface area contributed by atoms with Gasteiger partial charge in [0.25, 0.3) is 0 Å². The molecule has 2 rings (SSSR count). The third-order valence-electron chi connectivity index (χ3n) is 3.31. The van der Waals surface area contributed by atoms with Crippen molar-refractivity contribution in [3.63, 3.8) is 0 Å². The van der Waals surface area contributed by atoms with Crippen molar-refractivity contribution in [1.82, 2.24) is 15.5 Å². The highest BCUT2D eigenvalue weighted by molar-refractivity contribution is 5.39. The van der Waals surface area contributed by atoms with Crippen LogP contribution >= 0.6 is 0 Å². The van der Waals surface area contributed by atoms with E-state index in [2.05, 4.69) is 55.3 Å². The molecule has 1 aromatic carbocycles. The fraction of sp³-hybridized carbons (Fsp3) is 0.467. The Balaban J connectivity index is 2.10. The number of aromatic nitrogens is 2. The van der Waals surface area contributed by atoms with Crippen LogP contribution in [-0.2, 0) is 6.54 Å². The zero-order valence-electron chi connectivity index (χ0n) is 12.2. The Kier molecular flexibility index (Phi) is 4.00. The summed E-state index contributed by atoms with van der Waals surface area (Å²) in [6.45, 7) is 11.0. The van der Waals surface area contributed by atoms with E-state index in [0.29, 0.717) is 18.3 Å². The highest BCUT2D eigenvalue weighted by atomic mass is 16.5. The Morgan fingerprint density at radius 1 is 1.16 bits per heavy atom. The monoisotopic (exact) mass is 259 g/mol. The van der Waals surface area contributed by atoms with Gasteiger partial charge in [0, 0.05) is 13.0 Å². The summed E-state index contributed by atoms with van der Waals surface area (Å²) in [6, 6.07) is 4.71. The second kappa shape index (κ2) is 5.53. The Bertz CT molecular complexity index is 552. The maximum Gasteiger partial charge on any atom is 0.223 e. The fourth-order valence-corrected chi connectivity index (χ4v) is 2.63. The van der Waals surface area contributed by atoms with E-state index in [0.717, 1.165) is 0 Å². The number of hydrogen-bond acceptors (Lipinski definition) is 4. The average molecular weight is 259 g/mol. The molecule has 0 radical (unpaired) electrons. The summed E-state index contributed by atoms with van der Waals surface area (Å²) in [5.74, 6) is 1.30. The van der Waals surface area contributed by atoms with Crippen LogP contribution < -0.4 is 5.32 Å². The van der Waals surface area contributed by atoms with E-state index >= 15 is 0 Å². The van der Waals surface area contributed by atoms with Gasteiger partial charge >= 0.3 is 0 Å². The minimum absolute atomic E-state index is 0.263. The Hall–Kier alpha value is -1.68. The van der Waals surface area contributed by atoms with Gasteiger partial charge in [-0.05, 0) is 44.4 Å². The van der Waals surface area contributed by atoms with Crippen molar-refractivity contribution in [3.05, 3.63) is 46.1 Å². The van der Waals surface area contributed by atoms with E-state index in [1.807, 2.05) is 0 Å². The first-order chi connectivity index (χ1) is 8.97. The average Bonchev–Trinajstić information content (AvgIpc) is 2.71. The van der Waals surface area contributed by atoms with Gasteiger partial charge in [0.1, 0.15) is 0 Å². The number of hydrogen-bond donors (Lipinski definition) is 1. The van der Waals surface area contributed by atoms with Crippen LogP contribution in [0.5, 0.6) is 0 Å². The van der Waals surface area contributed by atoms with Crippen LogP contribution in [0.4, 0.5) is 0 Å². The molecule has 1 unspecified atom stereocenters. The molecule has 2 aromatic rings. The molecular formula is C15H21N3O. The molecule has 0 saturated carbocycles. The summed E-state index contributed by atoms with van der Waals surface area (Å²) in [5.41, 5.74) is 5.30. The molecule has 0 bridgehead atoms. The number of rotatable bonds is 4. The van der Waals surface area contributed by atoms with Gasteiger partial charge in [-0.25, -0.2) is 0 Å². The Morgan fingerprint density at radius 2 is 1.79 bits per heavy atom. The van der Waals surface area contributed by atoms with Gasteiger partial charge in [0.05, 0.1) is 6.54 Å². The van der Waals surface area contributed by atoms with E-state index in [4.69, 9.17) is 4.52 Å². The van der Waals surface area contributed by atoms with Crippen LogP contribution in [0.3, 0.4) is 0 Å². The lowest BCUT2D eigenvalue weighted by Gasteiger charge is -2.19. The van der Waals surface area contributed by atoms with Gasteiger partial charge in [-0.3, -0.25) is 0 Å². The fourth-order valence-electron chi connectivity index (χ4n) is 2.63. The molecule has 0 saturated heterocycles. The highest BCUT2D eigenvalue weighted by Gasteiger charge is 2.12. The maximum atomic E-state index is 4.96. The summed E-state index contributed by atoms with van der Waals surface area (Å²) < 4.78 is 4.96. The maximum absolute atomic E-state index is 4.96. The molecular weight excluding hydrogens is 238 g/mol. The van der Waals surface area contributed by atoms with Gasteiger partial charge in [-0.1, -0.05) is 22.9 Å². The highest BCUT2D eigenvalue weighted by Crippen LogP contribution is 2.23. The quantitative estimate of drug-likeness (QED) is 0.916. The molecule has 0 fully saturated rings. The lowest BCUT2D eigenvalue weighted by Crippen LogP contribution is -2.20. The minimum Gasteiger partial charge on any atom is -0.340 e. The first-order valence-electron chi connectivity index (χ1n) is 6.57. The molecule has 0 spiro atoms. The first kappa shape index (κ1) is 13.7. The molecule has 0 aliphatic heterocycles. The topological polar surface area (TPSA) is 51.0 Å². The molecule has 1 aromatic heterocycles. The summed E-state index contributed by atoms with van der Waals surface area (Å²) >= 11 is 0. The van der Waals surface area contributed by atoms with E-state index in [-0.39, 0.29) is 6.04 Å². The predicted molar refractivity (Wildman–Crippen MR) is 74.9 cm³/mol. The summed E-state index contributed by atoms with van der Waals surface area (Å²) in [7, 11) is 0. The number of nitrogens with zero attached hydrogens (tertiary/aromatic N) is 2. The third-order valence-corrected chi connectivity index (χ3v) is 3.31. The van der Waals surface area contributed by atoms with Crippen LogP contribution in [0.1, 0.15) is 46.9 Å². The molecule has 0 amide bonds. The summed E-state index contributed by atoms with van der Waals surface area (Å²) in [4.78, 5) is 4.20. The number of nitrogens with one attached hydrogen (secondary N) is 1. The van der Waals surface area contributed by atoms with Crippen molar-refractivity contribution < 1.29 is 4.52 Å². The predicted octanol–water partition coefficient (Wildman–Crippen LogP) is 3.15. The second-order valence-electron chi connectivity index (χ2n) is 5.14. The van der Waals surface area contributed by atoms with Crippen molar-refractivity contribution in [2.45, 2.75) is 47.2 Å². The van der Waals surface area contributed by atoms with E-state index in [1.54, 1.807) is 6.92 Å². The van der Waals surface area contributed by atoms with E-state index in [1.165, 1.54) is 22.3 Å². The van der Waals surface area contributed by atoms with Crippen LogP contribution in [-0.4, -0.2) is 10.1 Å². The van der Waals surface area contributed by atoms with Crippen molar-refractivity contribution >= 4 is 0 Å². The van der Waals surface area contributed by atoms with Crippen LogP contribution in [0.2, 0.25) is 0 Å². The molecule has 19 heavy (non-hydrogen) atoms. The normalized spacial score (nSPS) is 12.7. The van der Waals surface area contributed by atoms with Gasteiger partial charge in [-0.2, -0.15) is 4.98 Å². The van der Waals surface area contributed by atoms with Crippen LogP contribution in [0, 0.1) is 27.7 Å². The van der Waals surface area contributed by atoms with Gasteiger partial charge < -0.3 is 9.84 Å². The minimum atomic E-state index is 0.263. The SMILES string of the molecule is Cc1cc(C)c(C(C)NCc2noc(C)n2)c(C)c1. The largest absolute Gasteiger partial charge is 0.340 e. The molecule has 0 aliphatic rings. The van der Waals surface area contributed by atoms with Crippen LogP contribution in [0.15, 0.2) is 16.7 Å². The van der Waals surface area contributed by atoms with Crippen molar-refractivity contribution in [2.24, 2.45) is 0 Å². The standard InChI is InChI=1S/C15H21N3O/c1-9-6-10(2)15(11(3)7-9)12(4)16-8-14-17-13(5)19-18-14/h6-7,12,16H,8H2,1-5H3. The second-order valence-corrected chi connectivity index (χ2v) is 5.14. The molecule has 1 atom stereocenters. The van der Waals surface area contributed by atoms with Gasteiger partial charge in [-0.15, -0.1) is 0 Å². The smallest absolute Gasteiger partial charge is 0.223 e. The first-order valence-corrected chi connectivity index (χ1v) is 6.57. The van der Waals surface area contributed by atoms with Crippen molar-refractivity contribution in [1.29, 1.82) is 0 Å². The number of aryl methyl sites for hydroxylation is 4. The molecule has 0 aliphatic carbocycles. The molecule has 1 heterocycles. The zero-order chi connectivity index (χ0) is 14.0. The van der Waals surface area contributed by atoms with E-state index in [9.17, 15) is 0 Å². The Labute approximate surface area is 114 Å². The summed E-state index contributed by atoms with van der Waals surface area (Å²) in [6.07, 6.45) is 0. The van der Waals surface area contributed by atoms with Crippen molar-refractivity contribution in [2.75, 3.05) is 0 Å². The lowest BCUT2D eigenvalue weighted by atomic mass is 9.95. The Morgan fingerprint density at radius 3 is 2.32 bits per heavy atom. The van der Waals surface area contributed by atoms with Crippen molar-refractivity contribution in [3.8, 4) is 0 Å². The summed E-state index contributed by atoms with van der Waals surface area (Å²) in [5, 5.41) is 7.34. The van der Waals surface area contributed by atoms with Gasteiger partial charge in [0.15, 0.2) is 5.82 Å². The molecule has 4 nitrogen and oxygen atoms in total. The molecule has 4 heteroatoms. The molecule has 1 N–H and O–H groups in total. The lowest BCUT2D eigenvalue weighted by molar-refractivity contribution is 0.384. The third kappa shape index (κ3) is 3.20.